The van der Waals surface area contributed by atoms with E-state index in [0.29, 0.717) is 6.42 Å². The fourth-order valence-electron chi connectivity index (χ4n) is 1.52. The zero-order chi connectivity index (χ0) is 9.35. The van der Waals surface area contributed by atoms with Gasteiger partial charge in [0.25, 0.3) is 0 Å². The number of rotatable bonds is 0. The van der Waals surface area contributed by atoms with Gasteiger partial charge in [0.05, 0.1) is 0 Å². The van der Waals surface area contributed by atoms with Crippen LogP contribution in [-0.4, -0.2) is 23.8 Å². The van der Waals surface area contributed by atoms with E-state index in [4.69, 9.17) is 0 Å². The number of carbonyl (C=O) groups is 2. The highest BCUT2D eigenvalue weighted by Crippen LogP contribution is 2.28. The topological polar surface area (TPSA) is 37.4 Å². The highest BCUT2D eigenvalue weighted by atomic mass is 16.2. The van der Waals surface area contributed by atoms with Crippen LogP contribution >= 0.6 is 0 Å². The van der Waals surface area contributed by atoms with Crippen LogP contribution in [0.25, 0.3) is 0 Å². The second-order valence-electron chi connectivity index (χ2n) is 4.00. The van der Waals surface area contributed by atoms with Crippen molar-refractivity contribution in [3.05, 3.63) is 0 Å². The molecule has 0 spiro atoms. The summed E-state index contributed by atoms with van der Waals surface area (Å²) < 4.78 is 0. The zero-order valence-electron chi connectivity index (χ0n) is 7.89. The number of hydrogen-bond donors (Lipinski definition) is 0. The molecule has 0 saturated carbocycles. The van der Waals surface area contributed by atoms with E-state index in [9.17, 15) is 9.59 Å². The Morgan fingerprint density at radius 3 is 2.50 bits per heavy atom. The van der Waals surface area contributed by atoms with Crippen LogP contribution in [0.2, 0.25) is 0 Å². The summed E-state index contributed by atoms with van der Waals surface area (Å²) in [6.45, 7) is 3.79. The molecule has 0 atom stereocenters. The summed E-state index contributed by atoms with van der Waals surface area (Å²) in [5, 5.41) is 0. The molecule has 1 aliphatic rings. The maximum Gasteiger partial charge on any atom is 0.234 e. The van der Waals surface area contributed by atoms with E-state index < -0.39 is 0 Å². The van der Waals surface area contributed by atoms with Crippen LogP contribution < -0.4 is 0 Å². The fraction of sp³-hybridized carbons (Fsp3) is 0.778. The molecule has 3 nitrogen and oxygen atoms in total. The normalized spacial score (nSPS) is 24.1. The summed E-state index contributed by atoms with van der Waals surface area (Å²) >= 11 is 0. The van der Waals surface area contributed by atoms with E-state index in [1.165, 1.54) is 4.90 Å². The summed E-state index contributed by atoms with van der Waals surface area (Å²) in [5.41, 5.74) is -0.360. The first-order valence-electron chi connectivity index (χ1n) is 4.26. The predicted molar refractivity (Wildman–Crippen MR) is 45.4 cm³/mol. The van der Waals surface area contributed by atoms with Crippen molar-refractivity contribution in [1.29, 1.82) is 0 Å². The van der Waals surface area contributed by atoms with Gasteiger partial charge in [0, 0.05) is 18.9 Å². The molecule has 0 aromatic rings. The standard InChI is InChI=1S/C9H15NO2/c1-9(2)6-4-5-7(11)10(3)8(9)12/h4-6H2,1-3H3. The molecule has 0 aromatic heterocycles. The Morgan fingerprint density at radius 2 is 1.92 bits per heavy atom. The Kier molecular flexibility index (Phi) is 2.22. The Hall–Kier alpha value is -0.860. The van der Waals surface area contributed by atoms with Crippen molar-refractivity contribution >= 4 is 11.8 Å². The molecule has 1 saturated heterocycles. The van der Waals surface area contributed by atoms with Crippen LogP contribution in [-0.2, 0) is 9.59 Å². The SMILES string of the molecule is CN1C(=O)CCCC(C)(C)C1=O. The molecular weight excluding hydrogens is 154 g/mol. The molecule has 0 radical (unpaired) electrons. The lowest BCUT2D eigenvalue weighted by molar-refractivity contribution is -0.147. The van der Waals surface area contributed by atoms with Crippen LogP contribution in [0, 0.1) is 5.41 Å². The van der Waals surface area contributed by atoms with E-state index in [1.54, 1.807) is 7.05 Å². The second kappa shape index (κ2) is 2.88. The average molecular weight is 169 g/mol. The van der Waals surface area contributed by atoms with Gasteiger partial charge in [-0.15, -0.1) is 0 Å². The summed E-state index contributed by atoms with van der Waals surface area (Å²) in [6.07, 6.45) is 2.13. The van der Waals surface area contributed by atoms with E-state index in [1.807, 2.05) is 13.8 Å². The number of hydrogen-bond acceptors (Lipinski definition) is 2. The summed E-state index contributed by atoms with van der Waals surface area (Å²) in [6, 6.07) is 0. The smallest absolute Gasteiger partial charge is 0.234 e. The van der Waals surface area contributed by atoms with Crippen molar-refractivity contribution in [2.75, 3.05) is 7.05 Å². The molecule has 0 aromatic carbocycles. The second-order valence-corrected chi connectivity index (χ2v) is 4.00. The van der Waals surface area contributed by atoms with Crippen LogP contribution in [0.3, 0.4) is 0 Å². The van der Waals surface area contributed by atoms with E-state index in [2.05, 4.69) is 0 Å². The summed E-state index contributed by atoms with van der Waals surface area (Å²) in [4.78, 5) is 24.1. The van der Waals surface area contributed by atoms with Crippen LogP contribution in [0.4, 0.5) is 0 Å². The molecule has 12 heavy (non-hydrogen) atoms. The van der Waals surface area contributed by atoms with Gasteiger partial charge in [0.2, 0.25) is 11.8 Å². The van der Waals surface area contributed by atoms with E-state index >= 15 is 0 Å². The minimum atomic E-state index is -0.360. The highest BCUT2D eigenvalue weighted by Gasteiger charge is 2.35. The first kappa shape index (κ1) is 9.23. The van der Waals surface area contributed by atoms with Crippen LogP contribution in [0.15, 0.2) is 0 Å². The van der Waals surface area contributed by atoms with E-state index in [-0.39, 0.29) is 17.2 Å². The third-order valence-electron chi connectivity index (χ3n) is 2.45. The molecule has 0 aliphatic carbocycles. The van der Waals surface area contributed by atoms with Gasteiger partial charge in [-0.2, -0.15) is 0 Å². The van der Waals surface area contributed by atoms with Crippen LogP contribution in [0.1, 0.15) is 33.1 Å². The fourth-order valence-corrected chi connectivity index (χ4v) is 1.52. The Bertz CT molecular complexity index is 221. The number of amides is 2. The van der Waals surface area contributed by atoms with Crippen molar-refractivity contribution in [3.63, 3.8) is 0 Å². The van der Waals surface area contributed by atoms with Crippen molar-refractivity contribution in [3.8, 4) is 0 Å². The van der Waals surface area contributed by atoms with Gasteiger partial charge in [0.1, 0.15) is 0 Å². The van der Waals surface area contributed by atoms with E-state index in [0.717, 1.165) is 12.8 Å². The number of likely N-dealkylation sites (tertiary alicyclic amines) is 1. The quantitative estimate of drug-likeness (QED) is 0.511. The Balaban J connectivity index is 2.88. The van der Waals surface area contributed by atoms with Gasteiger partial charge in [-0.25, -0.2) is 0 Å². The number of nitrogens with zero attached hydrogens (tertiary/aromatic N) is 1. The van der Waals surface area contributed by atoms with Gasteiger partial charge < -0.3 is 0 Å². The molecule has 3 heteroatoms. The molecule has 0 unspecified atom stereocenters. The first-order valence-corrected chi connectivity index (χ1v) is 4.26. The van der Waals surface area contributed by atoms with Gasteiger partial charge in [0.15, 0.2) is 0 Å². The molecular formula is C9H15NO2. The monoisotopic (exact) mass is 169 g/mol. The molecule has 1 rings (SSSR count). The van der Waals surface area contributed by atoms with Crippen LogP contribution in [0.5, 0.6) is 0 Å². The highest BCUT2D eigenvalue weighted by molar-refractivity contribution is 5.98. The first-order chi connectivity index (χ1) is 5.45. The molecule has 0 N–H and O–H groups in total. The lowest BCUT2D eigenvalue weighted by atomic mass is 9.87. The summed E-state index contributed by atoms with van der Waals surface area (Å²) in [5.74, 6) is -0.101. The lowest BCUT2D eigenvalue weighted by Crippen LogP contribution is -2.39. The molecule has 1 heterocycles. The van der Waals surface area contributed by atoms with Crippen molar-refractivity contribution in [2.24, 2.45) is 5.41 Å². The zero-order valence-corrected chi connectivity index (χ0v) is 7.89. The maximum atomic E-state index is 11.6. The minimum Gasteiger partial charge on any atom is -0.285 e. The van der Waals surface area contributed by atoms with Crippen molar-refractivity contribution in [2.45, 2.75) is 33.1 Å². The maximum absolute atomic E-state index is 11.6. The van der Waals surface area contributed by atoms with Crippen molar-refractivity contribution < 1.29 is 9.59 Å². The third kappa shape index (κ3) is 1.49. The molecule has 68 valence electrons. The third-order valence-corrected chi connectivity index (χ3v) is 2.45. The minimum absolute atomic E-state index is 0.0504. The van der Waals surface area contributed by atoms with Gasteiger partial charge in [-0.3, -0.25) is 14.5 Å². The molecule has 0 bridgehead atoms. The molecule has 1 fully saturated rings. The lowest BCUT2D eigenvalue weighted by Gasteiger charge is -2.24. The average Bonchev–Trinajstić information content (AvgIpc) is 2.06. The van der Waals surface area contributed by atoms with Gasteiger partial charge in [-0.05, 0) is 12.8 Å². The predicted octanol–water partition coefficient (Wildman–Crippen LogP) is 1.18. The van der Waals surface area contributed by atoms with Crippen molar-refractivity contribution in [1.82, 2.24) is 4.90 Å². The number of imide groups is 1. The largest absolute Gasteiger partial charge is 0.285 e. The molecule has 1 aliphatic heterocycles. The van der Waals surface area contributed by atoms with Gasteiger partial charge in [-0.1, -0.05) is 13.8 Å². The number of carbonyl (C=O) groups excluding carboxylic acids is 2. The summed E-state index contributed by atoms with van der Waals surface area (Å²) in [7, 11) is 1.57. The Morgan fingerprint density at radius 1 is 1.33 bits per heavy atom. The molecule has 2 amide bonds. The Labute approximate surface area is 72.7 Å². The van der Waals surface area contributed by atoms with Gasteiger partial charge >= 0.3 is 0 Å².